The minimum atomic E-state index is 0.197. The molecule has 7 rings (SSSR count). The number of hydrogen-bond donors (Lipinski definition) is 0. The topological polar surface area (TPSA) is 50.9 Å². The standard InChI is InChI=1S/C31H17N5/c1-33-31-30(36-27-16-8-4-12-22(27)23-13-5-9-17-28(23)36)18-29(24(19-32)34-31)35-25-14-6-2-10-20(25)21-11-3-7-15-26(21)35/h2-18H. The van der Waals surface area contributed by atoms with E-state index in [1.54, 1.807) is 0 Å². The lowest BCUT2D eigenvalue weighted by Gasteiger charge is -2.14. The van der Waals surface area contributed by atoms with Gasteiger partial charge < -0.3 is 14.0 Å². The van der Waals surface area contributed by atoms with Crippen molar-refractivity contribution in [3.8, 4) is 17.4 Å². The van der Waals surface area contributed by atoms with E-state index in [0.717, 1.165) is 43.6 Å². The number of aromatic nitrogens is 3. The van der Waals surface area contributed by atoms with Crippen molar-refractivity contribution in [2.24, 2.45) is 0 Å². The van der Waals surface area contributed by atoms with Crippen LogP contribution in [0.25, 0.3) is 59.8 Å². The zero-order valence-electron chi connectivity index (χ0n) is 19.1. The Morgan fingerprint density at radius 3 is 1.39 bits per heavy atom. The van der Waals surface area contributed by atoms with Crippen LogP contribution in [0.15, 0.2) is 103 Å². The van der Waals surface area contributed by atoms with Gasteiger partial charge in [-0.1, -0.05) is 79.4 Å². The van der Waals surface area contributed by atoms with Gasteiger partial charge in [0.15, 0.2) is 0 Å². The summed E-state index contributed by atoms with van der Waals surface area (Å²) < 4.78 is 4.17. The molecular formula is C31H17N5. The average Bonchev–Trinajstić information content (AvgIpc) is 3.45. The normalized spacial score (nSPS) is 11.3. The van der Waals surface area contributed by atoms with Crippen LogP contribution in [0.3, 0.4) is 0 Å². The van der Waals surface area contributed by atoms with Gasteiger partial charge in [-0.15, -0.1) is 4.98 Å². The molecule has 36 heavy (non-hydrogen) atoms. The molecule has 3 heterocycles. The molecule has 0 aliphatic rings. The van der Waals surface area contributed by atoms with Crippen LogP contribution in [0.2, 0.25) is 0 Å². The second-order valence-corrected chi connectivity index (χ2v) is 8.66. The van der Waals surface area contributed by atoms with E-state index in [1.165, 1.54) is 0 Å². The number of pyridine rings is 1. The van der Waals surface area contributed by atoms with Gasteiger partial charge >= 0.3 is 0 Å². The number of fused-ring (bicyclic) bond motifs is 6. The summed E-state index contributed by atoms with van der Waals surface area (Å²) in [5.41, 5.74) is 5.47. The third-order valence-corrected chi connectivity index (χ3v) is 6.82. The van der Waals surface area contributed by atoms with Crippen LogP contribution in [0.1, 0.15) is 5.69 Å². The Bertz CT molecular complexity index is 1830. The van der Waals surface area contributed by atoms with Crippen molar-refractivity contribution in [3.63, 3.8) is 0 Å². The van der Waals surface area contributed by atoms with Crippen LogP contribution in [0, 0.1) is 17.9 Å². The van der Waals surface area contributed by atoms with Crippen LogP contribution in [-0.4, -0.2) is 14.1 Å². The van der Waals surface area contributed by atoms with E-state index >= 15 is 0 Å². The van der Waals surface area contributed by atoms with E-state index in [2.05, 4.69) is 73.6 Å². The minimum absolute atomic E-state index is 0.197. The summed E-state index contributed by atoms with van der Waals surface area (Å²) in [6, 6.07) is 36.9. The maximum atomic E-state index is 10.1. The molecule has 0 saturated heterocycles. The summed E-state index contributed by atoms with van der Waals surface area (Å²) >= 11 is 0. The van der Waals surface area contributed by atoms with E-state index in [1.807, 2.05) is 54.6 Å². The second kappa shape index (κ2) is 7.56. The Labute approximate surface area is 206 Å². The molecule has 0 amide bonds. The first-order chi connectivity index (χ1) is 17.8. The quantitative estimate of drug-likeness (QED) is 0.249. The number of benzene rings is 4. The van der Waals surface area contributed by atoms with Crippen molar-refractivity contribution in [1.82, 2.24) is 14.1 Å². The van der Waals surface area contributed by atoms with Gasteiger partial charge in [-0.25, -0.2) is 0 Å². The van der Waals surface area contributed by atoms with Gasteiger partial charge in [-0.3, -0.25) is 0 Å². The molecule has 166 valence electrons. The molecule has 0 fully saturated rings. The molecule has 4 aromatic carbocycles. The summed E-state index contributed by atoms with van der Waals surface area (Å²) in [7, 11) is 0. The summed E-state index contributed by atoms with van der Waals surface area (Å²) in [6.45, 7) is 7.92. The number of rotatable bonds is 2. The fraction of sp³-hybridized carbons (Fsp3) is 0. The lowest BCUT2D eigenvalue weighted by molar-refractivity contribution is 1.08. The Balaban J connectivity index is 1.65. The fourth-order valence-corrected chi connectivity index (χ4v) is 5.35. The van der Waals surface area contributed by atoms with Gasteiger partial charge in [0.2, 0.25) is 0 Å². The van der Waals surface area contributed by atoms with E-state index in [-0.39, 0.29) is 11.5 Å². The number of nitrogens with zero attached hydrogens (tertiary/aromatic N) is 5. The molecule has 0 bridgehead atoms. The molecule has 0 spiro atoms. The van der Waals surface area contributed by atoms with Gasteiger partial charge in [0.05, 0.1) is 27.8 Å². The van der Waals surface area contributed by atoms with Gasteiger partial charge in [0.25, 0.3) is 11.5 Å². The van der Waals surface area contributed by atoms with E-state index in [4.69, 9.17) is 6.57 Å². The third-order valence-electron chi connectivity index (χ3n) is 6.82. The Hall–Kier alpha value is -5.39. The van der Waals surface area contributed by atoms with E-state index in [9.17, 15) is 5.26 Å². The van der Waals surface area contributed by atoms with Crippen molar-refractivity contribution in [1.29, 1.82) is 5.26 Å². The Morgan fingerprint density at radius 1 is 0.611 bits per heavy atom. The van der Waals surface area contributed by atoms with Crippen LogP contribution in [-0.2, 0) is 0 Å². The van der Waals surface area contributed by atoms with Crippen molar-refractivity contribution < 1.29 is 0 Å². The zero-order valence-corrected chi connectivity index (χ0v) is 19.1. The summed E-state index contributed by atoms with van der Waals surface area (Å²) in [4.78, 5) is 8.35. The molecule has 3 aromatic heterocycles. The van der Waals surface area contributed by atoms with Gasteiger partial charge in [-0.2, -0.15) is 5.26 Å². The van der Waals surface area contributed by atoms with Crippen LogP contribution >= 0.6 is 0 Å². The zero-order chi connectivity index (χ0) is 24.2. The van der Waals surface area contributed by atoms with Crippen LogP contribution < -0.4 is 0 Å². The minimum Gasteiger partial charge on any atom is -0.359 e. The highest BCUT2D eigenvalue weighted by atomic mass is 15.1. The molecule has 0 aliphatic heterocycles. The number of nitriles is 1. The highest BCUT2D eigenvalue weighted by molar-refractivity contribution is 6.11. The van der Waals surface area contributed by atoms with Crippen LogP contribution in [0.4, 0.5) is 5.82 Å². The predicted molar refractivity (Wildman–Crippen MR) is 144 cm³/mol. The van der Waals surface area contributed by atoms with E-state index < -0.39 is 0 Å². The van der Waals surface area contributed by atoms with E-state index in [0.29, 0.717) is 11.4 Å². The van der Waals surface area contributed by atoms with Crippen LogP contribution in [0.5, 0.6) is 0 Å². The van der Waals surface area contributed by atoms with Gasteiger partial charge in [0, 0.05) is 21.5 Å². The largest absolute Gasteiger partial charge is 0.359 e. The Morgan fingerprint density at radius 2 is 1.00 bits per heavy atom. The molecule has 7 aromatic rings. The molecule has 0 unspecified atom stereocenters. The SMILES string of the molecule is [C-]#[N+]c1nc(C#N)c(-n2c3ccccc3c3ccccc32)cc1-n1c2ccccc2c2ccccc21. The summed E-state index contributed by atoms with van der Waals surface area (Å²) in [5.74, 6) is 0.197. The second-order valence-electron chi connectivity index (χ2n) is 8.66. The third kappa shape index (κ3) is 2.66. The molecule has 0 atom stereocenters. The summed E-state index contributed by atoms with van der Waals surface area (Å²) in [6.07, 6.45) is 0. The number of hydrogen-bond acceptors (Lipinski definition) is 2. The van der Waals surface area contributed by atoms with Gasteiger partial charge in [-0.05, 0) is 30.3 Å². The maximum Gasteiger partial charge on any atom is 0.295 e. The smallest absolute Gasteiger partial charge is 0.295 e. The predicted octanol–water partition coefficient (Wildman–Crippen LogP) is 7.70. The monoisotopic (exact) mass is 459 g/mol. The highest BCUT2D eigenvalue weighted by Gasteiger charge is 2.23. The number of para-hydroxylation sites is 4. The highest BCUT2D eigenvalue weighted by Crippen LogP contribution is 2.38. The maximum absolute atomic E-state index is 10.1. The first-order valence-electron chi connectivity index (χ1n) is 11.6. The van der Waals surface area contributed by atoms with Crippen molar-refractivity contribution in [3.05, 3.63) is 120 Å². The molecule has 0 saturated carbocycles. The van der Waals surface area contributed by atoms with Crippen molar-refractivity contribution >= 4 is 49.4 Å². The first kappa shape index (κ1) is 20.0. The Kier molecular flexibility index (Phi) is 4.21. The molecule has 0 aliphatic carbocycles. The first-order valence-corrected chi connectivity index (χ1v) is 11.6. The summed E-state index contributed by atoms with van der Waals surface area (Å²) in [5, 5.41) is 14.5. The van der Waals surface area contributed by atoms with Crippen molar-refractivity contribution in [2.75, 3.05) is 0 Å². The molecule has 0 radical (unpaired) electrons. The van der Waals surface area contributed by atoms with Gasteiger partial charge in [0.1, 0.15) is 11.8 Å². The fourth-order valence-electron chi connectivity index (χ4n) is 5.35. The average molecular weight is 460 g/mol. The molecule has 5 nitrogen and oxygen atoms in total. The molecule has 5 heteroatoms. The lowest BCUT2D eigenvalue weighted by atomic mass is 10.2. The van der Waals surface area contributed by atoms with Crippen molar-refractivity contribution in [2.45, 2.75) is 0 Å². The lowest BCUT2D eigenvalue weighted by Crippen LogP contribution is -2.04. The molecular weight excluding hydrogens is 442 g/mol. The molecule has 0 N–H and O–H groups in total.